The first-order chi connectivity index (χ1) is 13.6. The van der Waals surface area contributed by atoms with Gasteiger partial charge >= 0.3 is 0 Å². The van der Waals surface area contributed by atoms with Gasteiger partial charge in [0.25, 0.3) is 0 Å². The standard InChI is InChI=1S/C20H20N6O2/c1-3-15(17(21)27)22-20-23-16-10-5-4-9-14(16)19-24-18(25-26(19)20)12-7-6-8-13(11-12)28-2/h4-11,15H,3H2,1-2H3,(H2,21,27)(H,22,23)/t15-/m1/s1. The lowest BCUT2D eigenvalue weighted by molar-refractivity contribution is -0.118. The molecule has 3 N–H and O–H groups in total. The van der Waals surface area contributed by atoms with E-state index in [0.717, 1.165) is 22.2 Å². The number of nitrogens with two attached hydrogens (primary N) is 1. The lowest BCUT2D eigenvalue weighted by atomic mass is 10.2. The molecule has 142 valence electrons. The Bertz CT molecular complexity index is 1170. The molecule has 0 bridgehead atoms. The summed E-state index contributed by atoms with van der Waals surface area (Å²) < 4.78 is 6.91. The van der Waals surface area contributed by atoms with Crippen LogP contribution >= 0.6 is 0 Å². The Balaban J connectivity index is 1.93. The SMILES string of the molecule is CC[C@@H](Nc1nc2ccccc2c2nc(-c3cccc(OC)c3)nn12)C(N)=O. The molecule has 2 aromatic carbocycles. The lowest BCUT2D eigenvalue weighted by Crippen LogP contribution is -2.35. The molecule has 8 heteroatoms. The van der Waals surface area contributed by atoms with E-state index in [1.807, 2.05) is 55.5 Å². The third-order valence-corrected chi connectivity index (χ3v) is 4.56. The van der Waals surface area contributed by atoms with Gasteiger partial charge < -0.3 is 15.8 Å². The lowest BCUT2D eigenvalue weighted by Gasteiger charge is -2.15. The van der Waals surface area contributed by atoms with Crippen LogP contribution in [0.4, 0.5) is 5.95 Å². The number of hydrogen-bond donors (Lipinski definition) is 2. The minimum Gasteiger partial charge on any atom is -0.497 e. The molecule has 0 unspecified atom stereocenters. The summed E-state index contributed by atoms with van der Waals surface area (Å²) in [5.41, 5.74) is 7.71. The zero-order valence-electron chi connectivity index (χ0n) is 15.6. The first-order valence-electron chi connectivity index (χ1n) is 8.96. The monoisotopic (exact) mass is 376 g/mol. The second kappa shape index (κ2) is 7.15. The maximum atomic E-state index is 11.7. The number of primary amides is 1. The van der Waals surface area contributed by atoms with Crippen molar-refractivity contribution < 1.29 is 9.53 Å². The second-order valence-electron chi connectivity index (χ2n) is 6.36. The molecule has 1 amide bonds. The number of benzene rings is 2. The van der Waals surface area contributed by atoms with Crippen molar-refractivity contribution in [3.05, 3.63) is 48.5 Å². The normalized spacial score (nSPS) is 12.2. The van der Waals surface area contributed by atoms with Crippen LogP contribution in [0, 0.1) is 0 Å². The molecule has 0 spiro atoms. The number of amides is 1. The van der Waals surface area contributed by atoms with Crippen LogP contribution in [-0.4, -0.2) is 38.6 Å². The maximum absolute atomic E-state index is 11.7. The zero-order valence-corrected chi connectivity index (χ0v) is 15.6. The quantitative estimate of drug-likeness (QED) is 0.536. The minimum absolute atomic E-state index is 0.418. The fourth-order valence-electron chi connectivity index (χ4n) is 3.06. The van der Waals surface area contributed by atoms with Crippen LogP contribution < -0.4 is 15.8 Å². The molecule has 0 aliphatic rings. The number of fused-ring (bicyclic) bond motifs is 3. The van der Waals surface area contributed by atoms with Crippen molar-refractivity contribution in [3.8, 4) is 17.1 Å². The number of methoxy groups -OCH3 is 1. The summed E-state index contributed by atoms with van der Waals surface area (Å²) in [5.74, 6) is 1.23. The van der Waals surface area contributed by atoms with E-state index in [4.69, 9.17) is 15.5 Å². The van der Waals surface area contributed by atoms with Gasteiger partial charge in [-0.25, -0.2) is 9.97 Å². The second-order valence-corrected chi connectivity index (χ2v) is 6.36. The Morgan fingerprint density at radius 3 is 2.79 bits per heavy atom. The Morgan fingerprint density at radius 1 is 1.21 bits per heavy atom. The van der Waals surface area contributed by atoms with Gasteiger partial charge in [-0.15, -0.1) is 5.10 Å². The van der Waals surface area contributed by atoms with Crippen LogP contribution in [-0.2, 0) is 4.79 Å². The fourth-order valence-corrected chi connectivity index (χ4v) is 3.06. The number of aromatic nitrogens is 4. The third kappa shape index (κ3) is 3.09. The molecule has 0 radical (unpaired) electrons. The number of hydrogen-bond acceptors (Lipinski definition) is 6. The third-order valence-electron chi connectivity index (χ3n) is 4.56. The molecule has 0 saturated carbocycles. The van der Waals surface area contributed by atoms with Gasteiger partial charge in [0.05, 0.1) is 12.6 Å². The highest BCUT2D eigenvalue weighted by atomic mass is 16.5. The molecular weight excluding hydrogens is 356 g/mol. The van der Waals surface area contributed by atoms with E-state index < -0.39 is 11.9 Å². The van der Waals surface area contributed by atoms with Crippen LogP contribution in [0.1, 0.15) is 13.3 Å². The molecule has 0 aliphatic carbocycles. The number of carbonyl (C=O) groups excluding carboxylic acids is 1. The predicted molar refractivity (Wildman–Crippen MR) is 107 cm³/mol. The number of anilines is 1. The van der Waals surface area contributed by atoms with Gasteiger partial charge in [0.1, 0.15) is 11.8 Å². The van der Waals surface area contributed by atoms with Gasteiger partial charge in [-0.1, -0.05) is 31.2 Å². The van der Waals surface area contributed by atoms with Crippen LogP contribution in [0.3, 0.4) is 0 Å². The van der Waals surface area contributed by atoms with Crippen LogP contribution in [0.15, 0.2) is 48.5 Å². The molecule has 28 heavy (non-hydrogen) atoms. The molecule has 0 saturated heterocycles. The first-order valence-corrected chi connectivity index (χ1v) is 8.96. The van der Waals surface area contributed by atoms with Gasteiger partial charge in [-0.05, 0) is 30.7 Å². The highest BCUT2D eigenvalue weighted by Crippen LogP contribution is 2.26. The van der Waals surface area contributed by atoms with Crippen molar-refractivity contribution in [1.29, 1.82) is 0 Å². The maximum Gasteiger partial charge on any atom is 0.239 e. The summed E-state index contributed by atoms with van der Waals surface area (Å²) in [6, 6.07) is 14.6. The Morgan fingerprint density at radius 2 is 2.04 bits per heavy atom. The van der Waals surface area contributed by atoms with E-state index in [2.05, 4.69) is 15.4 Å². The van der Waals surface area contributed by atoms with E-state index in [1.54, 1.807) is 11.6 Å². The van der Waals surface area contributed by atoms with E-state index in [0.29, 0.717) is 23.8 Å². The first kappa shape index (κ1) is 17.7. The molecule has 4 aromatic rings. The molecule has 2 heterocycles. The summed E-state index contributed by atoms with van der Waals surface area (Å²) in [4.78, 5) is 21.1. The largest absolute Gasteiger partial charge is 0.497 e. The molecule has 2 aromatic heterocycles. The Labute approximate surface area is 161 Å². The Hall–Kier alpha value is -3.68. The summed E-state index contributed by atoms with van der Waals surface area (Å²) in [7, 11) is 1.62. The fraction of sp³-hybridized carbons (Fsp3) is 0.200. The molecule has 4 rings (SSSR count). The number of nitrogens with one attached hydrogen (secondary N) is 1. The molecule has 8 nitrogen and oxygen atoms in total. The van der Waals surface area contributed by atoms with E-state index in [-0.39, 0.29) is 0 Å². The summed E-state index contributed by atoms with van der Waals surface area (Å²) >= 11 is 0. The van der Waals surface area contributed by atoms with Gasteiger partial charge in [0.15, 0.2) is 11.5 Å². The van der Waals surface area contributed by atoms with Gasteiger partial charge in [0.2, 0.25) is 11.9 Å². The molecule has 0 fully saturated rings. The van der Waals surface area contributed by atoms with E-state index in [9.17, 15) is 4.79 Å². The highest BCUT2D eigenvalue weighted by Gasteiger charge is 2.19. The van der Waals surface area contributed by atoms with E-state index >= 15 is 0 Å². The summed E-state index contributed by atoms with van der Waals surface area (Å²) in [6.45, 7) is 1.88. The number of rotatable bonds is 6. The minimum atomic E-state index is -0.554. The predicted octanol–water partition coefficient (Wildman–Crippen LogP) is 2.63. The topological polar surface area (TPSA) is 107 Å². The average molecular weight is 376 g/mol. The number of carbonyl (C=O) groups is 1. The molecule has 0 aliphatic heterocycles. The van der Waals surface area contributed by atoms with Crippen LogP contribution in [0.5, 0.6) is 5.75 Å². The summed E-state index contributed by atoms with van der Waals surface area (Å²) in [6.07, 6.45) is 0.531. The summed E-state index contributed by atoms with van der Waals surface area (Å²) in [5, 5.41) is 8.59. The smallest absolute Gasteiger partial charge is 0.239 e. The Kier molecular flexibility index (Phi) is 4.52. The van der Waals surface area contributed by atoms with Crippen molar-refractivity contribution in [2.45, 2.75) is 19.4 Å². The van der Waals surface area contributed by atoms with Crippen molar-refractivity contribution >= 4 is 28.4 Å². The van der Waals surface area contributed by atoms with Crippen molar-refractivity contribution in [2.75, 3.05) is 12.4 Å². The van der Waals surface area contributed by atoms with Crippen LogP contribution in [0.2, 0.25) is 0 Å². The van der Waals surface area contributed by atoms with Crippen molar-refractivity contribution in [1.82, 2.24) is 19.6 Å². The van der Waals surface area contributed by atoms with Gasteiger partial charge in [-0.3, -0.25) is 4.79 Å². The van der Waals surface area contributed by atoms with Crippen LogP contribution in [0.25, 0.3) is 27.9 Å². The zero-order chi connectivity index (χ0) is 19.7. The molecular formula is C20H20N6O2. The van der Waals surface area contributed by atoms with Crippen molar-refractivity contribution in [3.63, 3.8) is 0 Å². The van der Waals surface area contributed by atoms with Crippen molar-refractivity contribution in [2.24, 2.45) is 5.73 Å². The number of nitrogens with zero attached hydrogens (tertiary/aromatic N) is 4. The molecule has 1 atom stereocenters. The van der Waals surface area contributed by atoms with Gasteiger partial charge in [-0.2, -0.15) is 4.52 Å². The number of ether oxygens (including phenoxy) is 1. The highest BCUT2D eigenvalue weighted by molar-refractivity contribution is 5.93. The number of para-hydroxylation sites is 1. The van der Waals surface area contributed by atoms with E-state index in [1.165, 1.54) is 0 Å². The average Bonchev–Trinajstić information content (AvgIpc) is 3.17. The van der Waals surface area contributed by atoms with Gasteiger partial charge in [0, 0.05) is 10.9 Å².